The highest BCUT2D eigenvalue weighted by atomic mass is 35.5. The van der Waals surface area contributed by atoms with Gasteiger partial charge in [0.15, 0.2) is 5.13 Å². The number of hydrogen-bond acceptors (Lipinski definition) is 7. The molecule has 1 fully saturated rings. The Bertz CT molecular complexity index is 796. The summed E-state index contributed by atoms with van der Waals surface area (Å²) in [6.45, 7) is 7.83. The second-order valence-electron chi connectivity index (χ2n) is 6.94. The summed E-state index contributed by atoms with van der Waals surface area (Å²) in [5, 5.41) is 3.41. The van der Waals surface area contributed by atoms with Crippen LogP contribution in [0.25, 0.3) is 0 Å². The molecule has 152 valence electrons. The zero-order valence-corrected chi connectivity index (χ0v) is 17.8. The van der Waals surface area contributed by atoms with E-state index in [1.807, 2.05) is 26.0 Å². The molecule has 0 saturated carbocycles. The van der Waals surface area contributed by atoms with Gasteiger partial charge in [0.05, 0.1) is 19.0 Å². The van der Waals surface area contributed by atoms with Crippen LogP contribution in [0.2, 0.25) is 0 Å². The van der Waals surface area contributed by atoms with E-state index in [1.165, 1.54) is 11.3 Å². The van der Waals surface area contributed by atoms with Crippen LogP contribution in [0.1, 0.15) is 23.2 Å². The Balaban J connectivity index is 1.51. The normalized spacial score (nSPS) is 20.1. The zero-order chi connectivity index (χ0) is 20.1. The molecule has 1 aliphatic heterocycles. The monoisotopic (exact) mass is 424 g/mol. The number of nitrogens with one attached hydrogen (secondary N) is 1. The second-order valence-corrected chi connectivity index (χ2v) is 8.33. The van der Waals surface area contributed by atoms with Crippen LogP contribution >= 0.6 is 22.9 Å². The summed E-state index contributed by atoms with van der Waals surface area (Å²) >= 11 is 7.17. The van der Waals surface area contributed by atoms with Gasteiger partial charge < -0.3 is 14.8 Å². The van der Waals surface area contributed by atoms with Crippen molar-refractivity contribution in [1.29, 1.82) is 0 Å². The number of carbonyl (C=O) groups is 1. The third kappa shape index (κ3) is 5.88. The van der Waals surface area contributed by atoms with Gasteiger partial charge in [0.2, 0.25) is 5.91 Å². The molecular weight excluding hydrogens is 400 g/mol. The van der Waals surface area contributed by atoms with E-state index in [4.69, 9.17) is 21.1 Å². The van der Waals surface area contributed by atoms with Crippen LogP contribution < -0.4 is 10.1 Å². The molecule has 9 heteroatoms. The number of morpholine rings is 1. The maximum atomic E-state index is 12.4. The van der Waals surface area contributed by atoms with Gasteiger partial charge >= 0.3 is 0 Å². The van der Waals surface area contributed by atoms with Crippen LogP contribution in [0.15, 0.2) is 18.3 Å². The standard InChI is InChI=1S/C19H25ClN4O3S/c1-12-4-15(5-13(2)22-12)27-11-16-8-24(14(3)10-26-16)9-18(25)23-19-21-7-17(6-20)28-19/h4-5,7,14,16H,6,8-11H2,1-3H3,(H,21,23,25)/t14-,16-/m0/s1. The van der Waals surface area contributed by atoms with Crippen LogP contribution in [0.4, 0.5) is 5.13 Å². The van der Waals surface area contributed by atoms with Crippen LogP contribution in [-0.2, 0) is 15.4 Å². The fourth-order valence-corrected chi connectivity index (χ4v) is 3.95. The highest BCUT2D eigenvalue weighted by Gasteiger charge is 2.28. The summed E-state index contributed by atoms with van der Waals surface area (Å²) in [5.74, 6) is 1.09. The molecule has 7 nitrogen and oxygen atoms in total. The molecule has 1 amide bonds. The molecule has 2 aromatic heterocycles. The van der Waals surface area contributed by atoms with E-state index >= 15 is 0 Å². The maximum absolute atomic E-state index is 12.4. The highest BCUT2D eigenvalue weighted by molar-refractivity contribution is 7.15. The topological polar surface area (TPSA) is 76.6 Å². The number of pyridine rings is 1. The molecule has 1 saturated heterocycles. The Kier molecular flexibility index (Phi) is 7.23. The largest absolute Gasteiger partial charge is 0.491 e. The highest BCUT2D eigenvalue weighted by Crippen LogP contribution is 2.20. The van der Waals surface area contributed by atoms with E-state index in [2.05, 4.69) is 27.1 Å². The van der Waals surface area contributed by atoms with Gasteiger partial charge in [-0.05, 0) is 20.8 Å². The van der Waals surface area contributed by atoms with Crippen molar-refractivity contribution in [2.45, 2.75) is 38.8 Å². The number of anilines is 1. The molecule has 0 aliphatic carbocycles. The number of amides is 1. The lowest BCUT2D eigenvalue weighted by Crippen LogP contribution is -2.52. The number of aromatic nitrogens is 2. The van der Waals surface area contributed by atoms with Gasteiger partial charge in [-0.3, -0.25) is 14.7 Å². The van der Waals surface area contributed by atoms with Crippen molar-refractivity contribution < 1.29 is 14.3 Å². The number of carbonyl (C=O) groups excluding carboxylic acids is 1. The maximum Gasteiger partial charge on any atom is 0.240 e. The lowest BCUT2D eigenvalue weighted by atomic mass is 10.2. The number of nitrogens with zero attached hydrogens (tertiary/aromatic N) is 3. The Morgan fingerprint density at radius 1 is 1.43 bits per heavy atom. The van der Waals surface area contributed by atoms with Crippen molar-refractivity contribution in [1.82, 2.24) is 14.9 Å². The number of hydrogen-bond donors (Lipinski definition) is 1. The molecule has 2 atom stereocenters. The van der Waals surface area contributed by atoms with Gasteiger partial charge in [0.25, 0.3) is 0 Å². The first-order chi connectivity index (χ1) is 13.4. The van der Waals surface area contributed by atoms with E-state index in [9.17, 15) is 4.79 Å². The van der Waals surface area contributed by atoms with Crippen molar-refractivity contribution in [3.05, 3.63) is 34.6 Å². The van der Waals surface area contributed by atoms with E-state index in [0.717, 1.165) is 22.0 Å². The first-order valence-corrected chi connectivity index (χ1v) is 10.5. The van der Waals surface area contributed by atoms with E-state index in [1.54, 1.807) is 6.20 Å². The minimum atomic E-state index is -0.0968. The Labute approximate surface area is 174 Å². The molecular formula is C19H25ClN4O3S. The number of halogens is 1. The van der Waals surface area contributed by atoms with Crippen molar-refractivity contribution in [3.8, 4) is 5.75 Å². The smallest absolute Gasteiger partial charge is 0.240 e. The summed E-state index contributed by atoms with van der Waals surface area (Å²) in [7, 11) is 0. The summed E-state index contributed by atoms with van der Waals surface area (Å²) in [4.78, 5) is 23.9. The lowest BCUT2D eigenvalue weighted by molar-refractivity contribution is -0.122. The lowest BCUT2D eigenvalue weighted by Gasteiger charge is -2.37. The molecule has 0 aromatic carbocycles. The summed E-state index contributed by atoms with van der Waals surface area (Å²) in [6.07, 6.45) is 1.58. The number of rotatable bonds is 7. The summed E-state index contributed by atoms with van der Waals surface area (Å²) in [6, 6.07) is 3.97. The molecule has 1 aliphatic rings. The van der Waals surface area contributed by atoms with Crippen molar-refractivity contribution in [2.75, 3.05) is 31.6 Å². The molecule has 0 bridgehead atoms. The predicted molar refractivity (Wildman–Crippen MR) is 110 cm³/mol. The van der Waals surface area contributed by atoms with Crippen molar-refractivity contribution in [3.63, 3.8) is 0 Å². The van der Waals surface area contributed by atoms with Crippen LogP contribution in [0, 0.1) is 13.8 Å². The quantitative estimate of drug-likeness (QED) is 0.688. The van der Waals surface area contributed by atoms with Crippen molar-refractivity contribution in [2.24, 2.45) is 0 Å². The average Bonchev–Trinajstić information content (AvgIpc) is 3.09. The van der Waals surface area contributed by atoms with Gasteiger partial charge in [-0.2, -0.15) is 0 Å². The minimum absolute atomic E-state index is 0.0933. The zero-order valence-electron chi connectivity index (χ0n) is 16.3. The third-order valence-electron chi connectivity index (χ3n) is 4.40. The molecule has 0 unspecified atom stereocenters. The SMILES string of the molecule is Cc1cc(OC[C@@H]2CN(CC(=O)Nc3ncc(CCl)s3)[C@@H](C)CO2)cc(C)n1. The summed E-state index contributed by atoms with van der Waals surface area (Å²) < 4.78 is 11.8. The molecule has 2 aromatic rings. The van der Waals surface area contributed by atoms with E-state index in [-0.39, 0.29) is 24.6 Å². The van der Waals surface area contributed by atoms with Gasteiger partial charge in [-0.15, -0.1) is 22.9 Å². The number of alkyl halides is 1. The molecule has 1 N–H and O–H groups in total. The molecule has 0 radical (unpaired) electrons. The first kappa shape index (κ1) is 21.0. The van der Waals surface area contributed by atoms with E-state index in [0.29, 0.717) is 30.8 Å². The molecule has 3 heterocycles. The second kappa shape index (κ2) is 9.65. The fourth-order valence-electron chi connectivity index (χ4n) is 3.04. The number of aryl methyl sites for hydroxylation is 2. The third-order valence-corrected chi connectivity index (χ3v) is 5.76. The predicted octanol–water partition coefficient (Wildman–Crippen LogP) is 3.00. The number of thiazole rings is 1. The molecule has 3 rings (SSSR count). The van der Waals surface area contributed by atoms with Gasteiger partial charge in [-0.1, -0.05) is 0 Å². The average molecular weight is 425 g/mol. The van der Waals surface area contributed by atoms with E-state index < -0.39 is 0 Å². The Morgan fingerprint density at radius 2 is 2.18 bits per heavy atom. The Morgan fingerprint density at radius 3 is 2.86 bits per heavy atom. The van der Waals surface area contributed by atoms with Crippen molar-refractivity contribution >= 4 is 34.0 Å². The van der Waals surface area contributed by atoms with Crippen LogP contribution in [-0.4, -0.2) is 59.2 Å². The fraction of sp³-hybridized carbons (Fsp3) is 0.526. The Hall–Kier alpha value is -1.74. The van der Waals surface area contributed by atoms with Crippen LogP contribution in [0.3, 0.4) is 0 Å². The molecule has 28 heavy (non-hydrogen) atoms. The van der Waals surface area contributed by atoms with Gasteiger partial charge in [0, 0.05) is 47.2 Å². The summed E-state index contributed by atoms with van der Waals surface area (Å²) in [5.41, 5.74) is 1.84. The number of ether oxygens (including phenoxy) is 2. The van der Waals surface area contributed by atoms with Gasteiger partial charge in [0.1, 0.15) is 18.5 Å². The molecule has 0 spiro atoms. The minimum Gasteiger partial charge on any atom is -0.491 e. The van der Waals surface area contributed by atoms with Gasteiger partial charge in [-0.25, -0.2) is 4.98 Å². The van der Waals surface area contributed by atoms with Crippen LogP contribution in [0.5, 0.6) is 5.75 Å². The first-order valence-electron chi connectivity index (χ1n) is 9.17.